The molecule has 22 heavy (non-hydrogen) atoms. The van der Waals surface area contributed by atoms with Crippen molar-refractivity contribution in [2.24, 2.45) is 11.1 Å². The van der Waals surface area contributed by atoms with E-state index in [4.69, 9.17) is 5.73 Å². The third kappa shape index (κ3) is 3.65. The summed E-state index contributed by atoms with van der Waals surface area (Å²) in [6.45, 7) is 2.41. The highest BCUT2D eigenvalue weighted by molar-refractivity contribution is 5.89. The van der Waals surface area contributed by atoms with E-state index in [0.717, 1.165) is 12.8 Å². The number of hydrogen-bond donors (Lipinski definition) is 1. The SMILES string of the molecule is COC(=O)C[C@]1(C)C[C@@H](N)N(CCCc2ccccc2)C1=O. The van der Waals surface area contributed by atoms with Crippen molar-refractivity contribution >= 4 is 11.9 Å². The first kappa shape index (κ1) is 16.5. The van der Waals surface area contributed by atoms with Crippen LogP contribution in [0.25, 0.3) is 0 Å². The number of nitrogens with zero attached hydrogens (tertiary/aromatic N) is 1. The molecule has 1 saturated heterocycles. The van der Waals surface area contributed by atoms with Gasteiger partial charge in [-0.1, -0.05) is 37.3 Å². The van der Waals surface area contributed by atoms with Gasteiger partial charge in [0.15, 0.2) is 0 Å². The lowest BCUT2D eigenvalue weighted by Crippen LogP contribution is -2.41. The van der Waals surface area contributed by atoms with E-state index in [9.17, 15) is 9.59 Å². The molecule has 1 aliphatic rings. The van der Waals surface area contributed by atoms with Crippen molar-refractivity contribution in [3.05, 3.63) is 35.9 Å². The molecule has 1 heterocycles. The predicted molar refractivity (Wildman–Crippen MR) is 83.8 cm³/mol. The third-order valence-corrected chi connectivity index (χ3v) is 4.31. The Balaban J connectivity index is 1.91. The number of aryl methyl sites for hydroxylation is 1. The number of esters is 1. The first-order chi connectivity index (χ1) is 10.5. The second-order valence-electron chi connectivity index (χ2n) is 6.17. The third-order valence-electron chi connectivity index (χ3n) is 4.31. The Morgan fingerprint density at radius 2 is 2.09 bits per heavy atom. The zero-order valence-corrected chi connectivity index (χ0v) is 13.2. The molecule has 0 aliphatic carbocycles. The van der Waals surface area contributed by atoms with Gasteiger partial charge in [-0.15, -0.1) is 0 Å². The fraction of sp³-hybridized carbons (Fsp3) is 0.529. The van der Waals surface area contributed by atoms with Gasteiger partial charge < -0.3 is 15.4 Å². The number of amides is 1. The van der Waals surface area contributed by atoms with Crippen LogP contribution in [0.5, 0.6) is 0 Å². The van der Waals surface area contributed by atoms with E-state index in [-0.39, 0.29) is 24.5 Å². The summed E-state index contributed by atoms with van der Waals surface area (Å²) in [5.41, 5.74) is 6.61. The van der Waals surface area contributed by atoms with Crippen molar-refractivity contribution in [1.82, 2.24) is 4.90 Å². The Morgan fingerprint density at radius 3 is 2.73 bits per heavy atom. The largest absolute Gasteiger partial charge is 0.469 e. The van der Waals surface area contributed by atoms with Crippen LogP contribution < -0.4 is 5.73 Å². The van der Waals surface area contributed by atoms with Crippen LogP contribution in [0.3, 0.4) is 0 Å². The first-order valence-corrected chi connectivity index (χ1v) is 7.64. The quantitative estimate of drug-likeness (QED) is 0.812. The number of carbonyl (C=O) groups is 2. The number of likely N-dealkylation sites (tertiary alicyclic amines) is 1. The molecule has 0 radical (unpaired) electrons. The van der Waals surface area contributed by atoms with Gasteiger partial charge in [0, 0.05) is 6.54 Å². The van der Waals surface area contributed by atoms with Crippen molar-refractivity contribution in [2.75, 3.05) is 13.7 Å². The molecule has 1 aromatic carbocycles. The Hall–Kier alpha value is -1.88. The van der Waals surface area contributed by atoms with Crippen LogP contribution in [-0.2, 0) is 20.7 Å². The number of ether oxygens (including phenoxy) is 1. The number of rotatable bonds is 6. The molecule has 0 spiro atoms. The molecule has 120 valence electrons. The molecule has 0 unspecified atom stereocenters. The summed E-state index contributed by atoms with van der Waals surface area (Å²) >= 11 is 0. The van der Waals surface area contributed by atoms with Gasteiger partial charge in [-0.25, -0.2) is 0 Å². The van der Waals surface area contributed by atoms with Crippen LogP contribution in [0.1, 0.15) is 31.7 Å². The minimum absolute atomic E-state index is 0.0431. The summed E-state index contributed by atoms with van der Waals surface area (Å²) in [7, 11) is 1.34. The summed E-state index contributed by atoms with van der Waals surface area (Å²) in [6.07, 6.45) is 2.03. The normalized spacial score (nSPS) is 24.6. The Morgan fingerprint density at radius 1 is 1.41 bits per heavy atom. The minimum atomic E-state index is -0.737. The van der Waals surface area contributed by atoms with Crippen LogP contribution in [0.15, 0.2) is 30.3 Å². The average Bonchev–Trinajstić information content (AvgIpc) is 2.71. The van der Waals surface area contributed by atoms with Crippen LogP contribution in [0.2, 0.25) is 0 Å². The summed E-state index contributed by atoms with van der Waals surface area (Å²) in [5, 5.41) is 0. The Labute approximate surface area is 131 Å². The molecule has 0 bridgehead atoms. The molecule has 5 nitrogen and oxygen atoms in total. The van der Waals surface area contributed by atoms with Gasteiger partial charge in [0.25, 0.3) is 0 Å². The highest BCUT2D eigenvalue weighted by Crippen LogP contribution is 2.37. The molecular weight excluding hydrogens is 280 g/mol. The molecule has 0 saturated carbocycles. The molecule has 5 heteroatoms. The van der Waals surface area contributed by atoms with Gasteiger partial charge in [0.1, 0.15) is 0 Å². The predicted octanol–water partition coefficient (Wildman–Crippen LogP) is 1.71. The van der Waals surface area contributed by atoms with Crippen LogP contribution in [-0.4, -0.2) is 36.6 Å². The Bertz CT molecular complexity index is 532. The van der Waals surface area contributed by atoms with Gasteiger partial charge in [-0.2, -0.15) is 0 Å². The number of nitrogens with two attached hydrogens (primary N) is 1. The maximum absolute atomic E-state index is 12.6. The maximum Gasteiger partial charge on any atom is 0.306 e. The molecule has 1 fully saturated rings. The van der Waals surface area contributed by atoms with E-state index in [0.29, 0.717) is 13.0 Å². The van der Waals surface area contributed by atoms with Gasteiger partial charge in [-0.3, -0.25) is 9.59 Å². The van der Waals surface area contributed by atoms with Gasteiger partial charge in [0.05, 0.1) is 25.1 Å². The lowest BCUT2D eigenvalue weighted by Gasteiger charge is -2.23. The monoisotopic (exact) mass is 304 g/mol. The molecule has 2 rings (SSSR count). The maximum atomic E-state index is 12.6. The average molecular weight is 304 g/mol. The van der Waals surface area contributed by atoms with Gasteiger partial charge in [0.2, 0.25) is 5.91 Å². The summed E-state index contributed by atoms with van der Waals surface area (Å²) in [4.78, 5) is 25.8. The summed E-state index contributed by atoms with van der Waals surface area (Å²) in [6, 6.07) is 10.2. The molecule has 2 N–H and O–H groups in total. The van der Waals surface area contributed by atoms with E-state index in [2.05, 4.69) is 16.9 Å². The van der Waals surface area contributed by atoms with Gasteiger partial charge in [-0.05, 0) is 24.8 Å². The van der Waals surface area contributed by atoms with Gasteiger partial charge >= 0.3 is 5.97 Å². The molecular formula is C17H24N2O3. The fourth-order valence-corrected chi connectivity index (χ4v) is 3.06. The van der Waals surface area contributed by atoms with Crippen molar-refractivity contribution in [3.8, 4) is 0 Å². The molecule has 1 amide bonds. The standard InChI is InChI=1S/C17H24N2O3/c1-17(12-15(20)22-2)11-14(18)19(16(17)21)10-6-9-13-7-4-3-5-8-13/h3-5,7-8,14H,6,9-12,18H2,1-2H3/t14-,17-/m0/s1. The minimum Gasteiger partial charge on any atom is -0.469 e. The molecule has 1 aromatic rings. The van der Waals surface area contributed by atoms with Crippen LogP contribution >= 0.6 is 0 Å². The second-order valence-corrected chi connectivity index (χ2v) is 6.17. The summed E-state index contributed by atoms with van der Waals surface area (Å²) in [5.74, 6) is -0.410. The Kier molecular flexibility index (Phi) is 5.19. The van der Waals surface area contributed by atoms with E-state index >= 15 is 0 Å². The zero-order valence-electron chi connectivity index (χ0n) is 13.2. The molecule has 0 aromatic heterocycles. The van der Waals surface area contributed by atoms with E-state index in [1.807, 2.05) is 18.2 Å². The number of methoxy groups -OCH3 is 1. The van der Waals surface area contributed by atoms with Crippen molar-refractivity contribution in [1.29, 1.82) is 0 Å². The van der Waals surface area contributed by atoms with Crippen LogP contribution in [0.4, 0.5) is 0 Å². The zero-order chi connectivity index (χ0) is 16.2. The summed E-state index contributed by atoms with van der Waals surface area (Å²) < 4.78 is 4.68. The lowest BCUT2D eigenvalue weighted by molar-refractivity contribution is -0.148. The van der Waals surface area contributed by atoms with Crippen molar-refractivity contribution < 1.29 is 14.3 Å². The second kappa shape index (κ2) is 6.92. The highest BCUT2D eigenvalue weighted by atomic mass is 16.5. The van der Waals surface area contributed by atoms with E-state index in [1.165, 1.54) is 12.7 Å². The number of carbonyl (C=O) groups excluding carboxylic acids is 2. The number of hydrogen-bond acceptors (Lipinski definition) is 4. The first-order valence-electron chi connectivity index (χ1n) is 7.64. The van der Waals surface area contributed by atoms with E-state index < -0.39 is 5.41 Å². The topological polar surface area (TPSA) is 72.6 Å². The van der Waals surface area contributed by atoms with Crippen molar-refractivity contribution in [3.63, 3.8) is 0 Å². The lowest BCUT2D eigenvalue weighted by atomic mass is 9.85. The van der Waals surface area contributed by atoms with E-state index in [1.54, 1.807) is 11.8 Å². The highest BCUT2D eigenvalue weighted by Gasteiger charge is 2.48. The fourth-order valence-electron chi connectivity index (χ4n) is 3.06. The van der Waals surface area contributed by atoms with Crippen molar-refractivity contribution in [2.45, 2.75) is 38.8 Å². The smallest absolute Gasteiger partial charge is 0.306 e. The van der Waals surface area contributed by atoms with Crippen LogP contribution in [0, 0.1) is 5.41 Å². The number of benzene rings is 1. The molecule has 2 atom stereocenters. The molecule has 1 aliphatic heterocycles.